The third-order valence-electron chi connectivity index (χ3n) is 7.40. The molecule has 0 saturated heterocycles. The van der Waals surface area contributed by atoms with E-state index in [-0.39, 0.29) is 0 Å². The topological polar surface area (TPSA) is 0 Å². The molecule has 0 nitrogen and oxygen atoms in total. The molecule has 0 aliphatic heterocycles. The van der Waals surface area contributed by atoms with Gasteiger partial charge in [-0.1, -0.05) is 152 Å². The van der Waals surface area contributed by atoms with Gasteiger partial charge < -0.3 is 0 Å². The highest BCUT2D eigenvalue weighted by molar-refractivity contribution is 7.96. The van der Waals surface area contributed by atoms with E-state index < -0.39 is 6.89 Å². The first-order valence-corrected chi connectivity index (χ1v) is 14.2. The maximum Gasteiger partial charge on any atom is 0.000857 e. The largest absolute Gasteiger partial charge is 0.0622 e. The molecule has 6 aromatic carbocycles. The van der Waals surface area contributed by atoms with Crippen LogP contribution in [0.25, 0.3) is 21.9 Å². The van der Waals surface area contributed by atoms with E-state index in [4.69, 9.17) is 0 Å². The monoisotopic (exact) mass is 476 g/mol. The number of hydrogen-bond donors (Lipinski definition) is 0. The standard InChI is InChI=1S/C35H25P/c1-4-15-27(16-5-1)36(28-17-6-2-7-18-28,29-19-8-3-9-20-29)35-33-23-13-12-22-31(33)32-25-24-26-14-10-11-21-30(26)34(32)35/h1-25H. The van der Waals surface area contributed by atoms with E-state index in [1.54, 1.807) is 0 Å². The second-order valence-corrected chi connectivity index (χ2v) is 12.6. The van der Waals surface area contributed by atoms with Gasteiger partial charge in [0.2, 0.25) is 0 Å². The highest BCUT2D eigenvalue weighted by atomic mass is 31.2. The summed E-state index contributed by atoms with van der Waals surface area (Å²) in [5.74, 6) is 0. The summed E-state index contributed by atoms with van der Waals surface area (Å²) >= 11 is 0. The molecule has 0 heterocycles. The molecule has 0 saturated carbocycles. The summed E-state index contributed by atoms with van der Waals surface area (Å²) in [7, 11) is 0. The Kier molecular flexibility index (Phi) is 5.01. The molecule has 1 heteroatoms. The third kappa shape index (κ3) is 3.02. The Bertz CT molecular complexity index is 1660. The molecule has 0 radical (unpaired) electrons. The lowest BCUT2D eigenvalue weighted by molar-refractivity contribution is 1.66. The summed E-state index contributed by atoms with van der Waals surface area (Å²) in [4.78, 5) is 0. The van der Waals surface area contributed by atoms with Crippen LogP contribution in [-0.4, -0.2) is 5.29 Å². The van der Waals surface area contributed by atoms with Crippen molar-refractivity contribution in [3.05, 3.63) is 163 Å². The molecular formula is C35H25P. The van der Waals surface area contributed by atoms with Crippen molar-refractivity contribution in [2.24, 2.45) is 0 Å². The van der Waals surface area contributed by atoms with Crippen molar-refractivity contribution in [1.82, 2.24) is 0 Å². The van der Waals surface area contributed by atoms with Crippen LogP contribution in [0, 0.1) is 0 Å². The van der Waals surface area contributed by atoms with Crippen LogP contribution in [0.2, 0.25) is 0 Å². The number of benzene rings is 6. The van der Waals surface area contributed by atoms with Gasteiger partial charge in [0, 0.05) is 5.29 Å². The summed E-state index contributed by atoms with van der Waals surface area (Å²) in [5, 5.41) is 8.23. The van der Waals surface area contributed by atoms with E-state index in [2.05, 4.69) is 152 Å². The van der Waals surface area contributed by atoms with Crippen molar-refractivity contribution in [3.63, 3.8) is 0 Å². The predicted molar refractivity (Wildman–Crippen MR) is 158 cm³/mol. The lowest BCUT2D eigenvalue weighted by Crippen LogP contribution is -2.30. The smallest absolute Gasteiger partial charge is 0.000857 e. The first-order chi connectivity index (χ1) is 17.9. The van der Waals surface area contributed by atoms with Crippen molar-refractivity contribution in [3.8, 4) is 11.1 Å². The van der Waals surface area contributed by atoms with Crippen LogP contribution in [0.5, 0.6) is 0 Å². The summed E-state index contributed by atoms with van der Waals surface area (Å²) < 4.78 is 0. The molecule has 0 fully saturated rings. The molecule has 170 valence electrons. The van der Waals surface area contributed by atoms with E-state index in [1.165, 1.54) is 54.2 Å². The van der Waals surface area contributed by atoms with Gasteiger partial charge in [0.25, 0.3) is 0 Å². The molecular weight excluding hydrogens is 451 g/mol. The number of fused-ring (bicyclic) bond motifs is 5. The molecule has 1 aliphatic carbocycles. The Balaban J connectivity index is 1.83. The first-order valence-electron chi connectivity index (χ1n) is 12.4. The fourth-order valence-electron chi connectivity index (χ4n) is 5.95. The van der Waals surface area contributed by atoms with Gasteiger partial charge in [-0.25, -0.2) is 0 Å². The minimum Gasteiger partial charge on any atom is -0.0622 e. The van der Waals surface area contributed by atoms with Gasteiger partial charge in [0.15, 0.2) is 0 Å². The molecule has 0 N–H and O–H groups in total. The highest BCUT2D eigenvalue weighted by Crippen LogP contribution is 2.54. The highest BCUT2D eigenvalue weighted by Gasteiger charge is 2.37. The number of rotatable bonds is 3. The normalized spacial score (nSPS) is 12.4. The van der Waals surface area contributed by atoms with E-state index >= 15 is 0 Å². The summed E-state index contributed by atoms with van der Waals surface area (Å²) in [5.41, 5.74) is 5.42. The summed E-state index contributed by atoms with van der Waals surface area (Å²) in [6.07, 6.45) is 0. The second-order valence-electron chi connectivity index (χ2n) is 9.28. The van der Waals surface area contributed by atoms with Crippen molar-refractivity contribution in [2.45, 2.75) is 0 Å². The fraction of sp³-hybridized carbons (Fsp3) is 0. The molecule has 0 atom stereocenters. The average molecular weight is 477 g/mol. The zero-order valence-electron chi connectivity index (χ0n) is 19.9. The van der Waals surface area contributed by atoms with Crippen molar-refractivity contribution in [2.75, 3.05) is 0 Å². The van der Waals surface area contributed by atoms with Crippen LogP contribution < -0.4 is 15.9 Å². The minimum atomic E-state index is -2.25. The Labute approximate surface area is 212 Å². The van der Waals surface area contributed by atoms with Gasteiger partial charge in [-0.05, 0) is 55.8 Å². The first kappa shape index (κ1) is 21.2. The van der Waals surface area contributed by atoms with Gasteiger partial charge in [-0.3, -0.25) is 0 Å². The van der Waals surface area contributed by atoms with E-state index in [1.807, 2.05) is 0 Å². The van der Waals surface area contributed by atoms with Crippen molar-refractivity contribution < 1.29 is 0 Å². The van der Waals surface area contributed by atoms with Crippen LogP contribution in [0.1, 0.15) is 11.1 Å². The minimum absolute atomic E-state index is 1.29. The Morgan fingerprint density at radius 2 is 0.806 bits per heavy atom. The van der Waals surface area contributed by atoms with Gasteiger partial charge in [0.1, 0.15) is 0 Å². The van der Waals surface area contributed by atoms with Crippen molar-refractivity contribution >= 4 is 38.9 Å². The Hall–Kier alpha value is -4.12. The third-order valence-corrected chi connectivity index (χ3v) is 11.8. The molecule has 0 amide bonds. The van der Waals surface area contributed by atoms with Crippen LogP contribution >= 0.6 is 6.89 Å². The quantitative estimate of drug-likeness (QED) is 0.233. The molecule has 36 heavy (non-hydrogen) atoms. The molecule has 1 aliphatic rings. The molecule has 6 aromatic rings. The van der Waals surface area contributed by atoms with Gasteiger partial charge in [-0.15, -0.1) is 0 Å². The second kappa shape index (κ2) is 8.52. The average Bonchev–Trinajstić information content (AvgIpc) is 3.31. The summed E-state index contributed by atoms with van der Waals surface area (Å²) in [6, 6.07) is 56.1. The molecule has 0 aromatic heterocycles. The fourth-order valence-corrected chi connectivity index (χ4v) is 10.6. The van der Waals surface area contributed by atoms with Gasteiger partial charge in [0.05, 0.1) is 0 Å². The maximum atomic E-state index is 2.34. The molecule has 0 unspecified atom stereocenters. The van der Waals surface area contributed by atoms with Crippen LogP contribution in [0.4, 0.5) is 0 Å². The van der Waals surface area contributed by atoms with Gasteiger partial charge in [-0.2, -0.15) is 0 Å². The van der Waals surface area contributed by atoms with Crippen LogP contribution in [0.15, 0.2) is 152 Å². The molecule has 7 rings (SSSR count). The summed E-state index contributed by atoms with van der Waals surface area (Å²) in [6.45, 7) is -2.25. The van der Waals surface area contributed by atoms with Crippen molar-refractivity contribution in [1.29, 1.82) is 0 Å². The molecule has 0 bridgehead atoms. The Morgan fingerprint density at radius 3 is 1.39 bits per heavy atom. The zero-order chi connectivity index (χ0) is 24.0. The molecule has 0 spiro atoms. The maximum absolute atomic E-state index is 2.34. The SMILES string of the molecule is c1ccc(P(=C2c3ccccc3-c3ccc4ccccc4c32)(c2ccccc2)c2ccccc2)cc1. The van der Waals surface area contributed by atoms with Gasteiger partial charge >= 0.3 is 0 Å². The zero-order valence-corrected chi connectivity index (χ0v) is 20.8. The van der Waals surface area contributed by atoms with E-state index in [0.29, 0.717) is 0 Å². The van der Waals surface area contributed by atoms with Crippen LogP contribution in [-0.2, 0) is 0 Å². The lowest BCUT2D eigenvalue weighted by Gasteiger charge is -2.33. The van der Waals surface area contributed by atoms with E-state index in [9.17, 15) is 0 Å². The van der Waals surface area contributed by atoms with Crippen LogP contribution in [0.3, 0.4) is 0 Å². The lowest BCUT2D eigenvalue weighted by atomic mass is 9.99. The Morgan fingerprint density at radius 1 is 0.333 bits per heavy atom. The predicted octanol–water partition coefficient (Wildman–Crippen LogP) is 7.38. The number of hydrogen-bond acceptors (Lipinski definition) is 0. The van der Waals surface area contributed by atoms with E-state index in [0.717, 1.165) is 0 Å².